The number of nitrogens with two attached hydrogens (primary N) is 1. The number of nitrogens with zero attached hydrogens (tertiary/aromatic N) is 1. The van der Waals surface area contributed by atoms with Crippen LogP contribution in [0.15, 0.2) is 36.4 Å². The molecule has 0 radical (unpaired) electrons. The fourth-order valence-corrected chi connectivity index (χ4v) is 2.89. The monoisotopic (exact) mass is 383 g/mol. The van der Waals surface area contributed by atoms with Crippen LogP contribution in [0.3, 0.4) is 0 Å². The third-order valence-corrected chi connectivity index (χ3v) is 4.59. The van der Waals surface area contributed by atoms with Crippen molar-refractivity contribution in [3.8, 4) is 0 Å². The van der Waals surface area contributed by atoms with Crippen LogP contribution in [-0.4, -0.2) is 28.5 Å². The van der Waals surface area contributed by atoms with E-state index in [0.717, 1.165) is 6.07 Å². The highest BCUT2D eigenvalue weighted by Gasteiger charge is 2.28. The topological polar surface area (TPSA) is 110 Å². The second-order valence-corrected chi connectivity index (χ2v) is 6.52. The third-order valence-electron chi connectivity index (χ3n) is 4.59. The van der Waals surface area contributed by atoms with E-state index in [2.05, 4.69) is 5.32 Å². The SMILES string of the molecule is Cc1c(F)cc(C(N)=O)cc1NC(=O)c1ccc(CN2C(=O)CCC2=O)cc1. The smallest absolute Gasteiger partial charge is 0.255 e. The molecule has 0 aromatic heterocycles. The summed E-state index contributed by atoms with van der Waals surface area (Å²) >= 11 is 0. The molecule has 144 valence electrons. The number of primary amides is 1. The largest absolute Gasteiger partial charge is 0.366 e. The first-order chi connectivity index (χ1) is 13.3. The number of hydrogen-bond acceptors (Lipinski definition) is 4. The summed E-state index contributed by atoms with van der Waals surface area (Å²) in [6.07, 6.45) is 0.444. The molecule has 28 heavy (non-hydrogen) atoms. The van der Waals surface area contributed by atoms with Gasteiger partial charge in [-0.1, -0.05) is 12.1 Å². The Morgan fingerprint density at radius 1 is 1.07 bits per heavy atom. The van der Waals surface area contributed by atoms with Gasteiger partial charge in [0.1, 0.15) is 5.82 Å². The van der Waals surface area contributed by atoms with Crippen LogP contribution in [-0.2, 0) is 16.1 Å². The molecule has 8 heteroatoms. The quantitative estimate of drug-likeness (QED) is 0.771. The first kappa shape index (κ1) is 19.2. The van der Waals surface area contributed by atoms with Crippen LogP contribution in [0.25, 0.3) is 0 Å². The Morgan fingerprint density at radius 3 is 2.25 bits per heavy atom. The maximum Gasteiger partial charge on any atom is 0.255 e. The van der Waals surface area contributed by atoms with Crippen molar-refractivity contribution in [1.29, 1.82) is 0 Å². The van der Waals surface area contributed by atoms with Gasteiger partial charge >= 0.3 is 0 Å². The molecule has 1 aliphatic heterocycles. The van der Waals surface area contributed by atoms with Crippen LogP contribution in [0.1, 0.15) is 44.7 Å². The number of halogens is 1. The number of anilines is 1. The van der Waals surface area contributed by atoms with Crippen LogP contribution in [0, 0.1) is 12.7 Å². The summed E-state index contributed by atoms with van der Waals surface area (Å²) in [6.45, 7) is 1.63. The van der Waals surface area contributed by atoms with Gasteiger partial charge in [0.15, 0.2) is 0 Å². The molecule has 0 spiro atoms. The molecule has 3 N–H and O–H groups in total. The molecule has 1 saturated heterocycles. The van der Waals surface area contributed by atoms with E-state index in [1.807, 2.05) is 0 Å². The minimum Gasteiger partial charge on any atom is -0.366 e. The molecule has 1 fully saturated rings. The predicted octanol–water partition coefficient (Wildman–Crippen LogP) is 2.13. The van der Waals surface area contributed by atoms with Gasteiger partial charge in [0, 0.05) is 35.2 Å². The summed E-state index contributed by atoms with van der Waals surface area (Å²) in [7, 11) is 0. The van der Waals surface area contributed by atoms with Crippen molar-refractivity contribution in [3.05, 3.63) is 64.5 Å². The summed E-state index contributed by atoms with van der Waals surface area (Å²) in [4.78, 5) is 48.3. The lowest BCUT2D eigenvalue weighted by Crippen LogP contribution is -2.28. The lowest BCUT2D eigenvalue weighted by Gasteiger charge is -2.14. The van der Waals surface area contributed by atoms with Gasteiger partial charge in [0.25, 0.3) is 5.91 Å². The van der Waals surface area contributed by atoms with Gasteiger partial charge in [-0.15, -0.1) is 0 Å². The molecule has 1 aliphatic rings. The first-order valence-corrected chi connectivity index (χ1v) is 8.59. The molecule has 4 amide bonds. The Labute approximate surface area is 160 Å². The summed E-state index contributed by atoms with van der Waals surface area (Å²) < 4.78 is 13.9. The average molecular weight is 383 g/mol. The molecule has 0 bridgehead atoms. The lowest BCUT2D eigenvalue weighted by atomic mass is 10.1. The van der Waals surface area contributed by atoms with Crippen LogP contribution < -0.4 is 11.1 Å². The highest BCUT2D eigenvalue weighted by molar-refractivity contribution is 6.05. The number of rotatable bonds is 5. The van der Waals surface area contributed by atoms with E-state index < -0.39 is 17.6 Å². The molecular formula is C20H18FN3O4. The number of amides is 4. The molecule has 1 heterocycles. The van der Waals surface area contributed by atoms with Crippen molar-refractivity contribution in [1.82, 2.24) is 4.90 Å². The first-order valence-electron chi connectivity index (χ1n) is 8.59. The van der Waals surface area contributed by atoms with Gasteiger partial charge in [-0.2, -0.15) is 0 Å². The Morgan fingerprint density at radius 2 is 1.68 bits per heavy atom. The van der Waals surface area contributed by atoms with E-state index in [0.29, 0.717) is 11.1 Å². The number of imide groups is 1. The molecule has 0 aliphatic carbocycles. The molecule has 0 atom stereocenters. The maximum atomic E-state index is 13.9. The average Bonchev–Trinajstić information content (AvgIpc) is 2.97. The van der Waals surface area contributed by atoms with E-state index in [-0.39, 0.29) is 48.0 Å². The molecular weight excluding hydrogens is 365 g/mol. The third kappa shape index (κ3) is 3.90. The van der Waals surface area contributed by atoms with Crippen molar-refractivity contribution < 1.29 is 23.6 Å². The van der Waals surface area contributed by atoms with Crippen molar-refractivity contribution in [2.24, 2.45) is 5.73 Å². The van der Waals surface area contributed by atoms with E-state index in [1.54, 1.807) is 24.3 Å². The van der Waals surface area contributed by atoms with Crippen molar-refractivity contribution in [2.75, 3.05) is 5.32 Å². The van der Waals surface area contributed by atoms with Gasteiger partial charge in [-0.3, -0.25) is 24.1 Å². The van der Waals surface area contributed by atoms with E-state index >= 15 is 0 Å². The normalized spacial score (nSPS) is 13.7. The fourth-order valence-electron chi connectivity index (χ4n) is 2.89. The molecule has 3 rings (SSSR count). The van der Waals surface area contributed by atoms with E-state index in [9.17, 15) is 23.6 Å². The van der Waals surface area contributed by atoms with Crippen LogP contribution in [0.4, 0.5) is 10.1 Å². The highest BCUT2D eigenvalue weighted by Crippen LogP contribution is 2.22. The van der Waals surface area contributed by atoms with E-state index in [4.69, 9.17) is 5.73 Å². The maximum absolute atomic E-state index is 13.9. The van der Waals surface area contributed by atoms with Gasteiger partial charge < -0.3 is 11.1 Å². The number of carbonyl (C=O) groups excluding carboxylic acids is 4. The van der Waals surface area contributed by atoms with Crippen molar-refractivity contribution in [3.63, 3.8) is 0 Å². The van der Waals surface area contributed by atoms with E-state index in [1.165, 1.54) is 17.9 Å². The van der Waals surface area contributed by atoms with Crippen molar-refractivity contribution >= 4 is 29.3 Å². The number of benzene rings is 2. The minimum absolute atomic E-state index is 0.0475. The summed E-state index contributed by atoms with van der Waals surface area (Å²) in [6, 6.07) is 8.70. The molecule has 2 aromatic carbocycles. The zero-order valence-corrected chi connectivity index (χ0v) is 15.1. The molecule has 7 nitrogen and oxygen atoms in total. The zero-order valence-electron chi connectivity index (χ0n) is 15.1. The second kappa shape index (κ2) is 7.59. The Kier molecular flexibility index (Phi) is 5.21. The Bertz CT molecular complexity index is 970. The Hall–Kier alpha value is -3.55. The van der Waals surface area contributed by atoms with Crippen molar-refractivity contribution in [2.45, 2.75) is 26.3 Å². The fraction of sp³-hybridized carbons (Fsp3) is 0.200. The molecule has 2 aromatic rings. The standard InChI is InChI=1S/C20H18FN3O4/c1-11-15(21)8-14(19(22)27)9-16(11)23-20(28)13-4-2-12(3-5-13)10-24-17(25)6-7-18(24)26/h2-5,8-9H,6-7,10H2,1H3,(H2,22,27)(H,23,28). The number of nitrogens with one attached hydrogen (secondary N) is 1. The molecule has 0 saturated carbocycles. The van der Waals surface area contributed by atoms with Gasteiger partial charge in [-0.05, 0) is 36.8 Å². The van der Waals surface area contributed by atoms with Gasteiger partial charge in [0.2, 0.25) is 17.7 Å². The minimum atomic E-state index is -0.801. The highest BCUT2D eigenvalue weighted by atomic mass is 19.1. The number of likely N-dealkylation sites (tertiary alicyclic amines) is 1. The van der Waals surface area contributed by atoms with Crippen LogP contribution in [0.5, 0.6) is 0 Å². The predicted molar refractivity (Wildman–Crippen MR) is 98.8 cm³/mol. The summed E-state index contributed by atoms with van der Waals surface area (Å²) in [5, 5.41) is 2.56. The van der Waals surface area contributed by atoms with Gasteiger partial charge in [0.05, 0.1) is 6.54 Å². The Balaban J connectivity index is 1.74. The van der Waals surface area contributed by atoms with Crippen LogP contribution >= 0.6 is 0 Å². The summed E-state index contributed by atoms with van der Waals surface area (Å²) in [5.41, 5.74) is 6.46. The zero-order chi connectivity index (χ0) is 20.4. The van der Waals surface area contributed by atoms with Gasteiger partial charge in [-0.25, -0.2) is 4.39 Å². The summed E-state index contributed by atoms with van der Waals surface area (Å²) in [5.74, 6) is -2.37. The lowest BCUT2D eigenvalue weighted by molar-refractivity contribution is -0.139. The molecule has 0 unspecified atom stereocenters. The second-order valence-electron chi connectivity index (χ2n) is 6.52. The number of hydrogen-bond donors (Lipinski definition) is 2. The van der Waals surface area contributed by atoms with Crippen LogP contribution in [0.2, 0.25) is 0 Å². The number of carbonyl (C=O) groups is 4.